The van der Waals surface area contributed by atoms with Crippen molar-refractivity contribution in [2.45, 2.75) is 39.2 Å². The predicted molar refractivity (Wildman–Crippen MR) is 74.9 cm³/mol. The molecule has 1 N–H and O–H groups in total. The van der Waals surface area contributed by atoms with Crippen molar-refractivity contribution in [2.75, 3.05) is 18.0 Å². The summed E-state index contributed by atoms with van der Waals surface area (Å²) in [6.45, 7) is 5.91. The van der Waals surface area contributed by atoms with E-state index in [1.807, 2.05) is 13.0 Å². The van der Waals surface area contributed by atoms with Crippen LogP contribution in [0.3, 0.4) is 0 Å². The van der Waals surface area contributed by atoms with E-state index in [1.54, 1.807) is 12.4 Å². The number of carbonyl (C=O) groups is 1. The second-order valence-electron chi connectivity index (χ2n) is 5.08. The van der Waals surface area contributed by atoms with E-state index in [2.05, 4.69) is 27.1 Å². The SMILES string of the molecule is CCC(=O)NC(C)C1CCN(c2ncccn2)CC1. The third-order valence-electron chi connectivity index (χ3n) is 3.79. The highest BCUT2D eigenvalue weighted by atomic mass is 16.1. The first kappa shape index (κ1) is 13.8. The van der Waals surface area contributed by atoms with Gasteiger partial charge in [-0.15, -0.1) is 0 Å². The van der Waals surface area contributed by atoms with Crippen LogP contribution in [0.5, 0.6) is 0 Å². The summed E-state index contributed by atoms with van der Waals surface area (Å²) in [6, 6.07) is 2.09. The molecule has 0 saturated carbocycles. The molecule has 2 heterocycles. The fourth-order valence-electron chi connectivity index (χ4n) is 2.53. The molecule has 1 aliphatic heterocycles. The van der Waals surface area contributed by atoms with Crippen LogP contribution in [-0.2, 0) is 4.79 Å². The third kappa shape index (κ3) is 3.66. The molecular weight excluding hydrogens is 240 g/mol. The number of carbonyl (C=O) groups excluding carboxylic acids is 1. The quantitative estimate of drug-likeness (QED) is 0.895. The van der Waals surface area contributed by atoms with E-state index >= 15 is 0 Å². The minimum Gasteiger partial charge on any atom is -0.353 e. The van der Waals surface area contributed by atoms with Crippen LogP contribution in [0.25, 0.3) is 0 Å². The predicted octanol–water partition coefficient (Wildman–Crippen LogP) is 1.61. The maximum Gasteiger partial charge on any atom is 0.225 e. The highest BCUT2D eigenvalue weighted by Crippen LogP contribution is 2.22. The molecule has 1 aromatic heterocycles. The van der Waals surface area contributed by atoms with Crippen LogP contribution < -0.4 is 10.2 Å². The number of rotatable bonds is 4. The molecule has 2 rings (SSSR count). The van der Waals surface area contributed by atoms with Gasteiger partial charge in [-0.25, -0.2) is 9.97 Å². The Morgan fingerprint density at radius 1 is 1.42 bits per heavy atom. The summed E-state index contributed by atoms with van der Waals surface area (Å²) in [6.07, 6.45) is 6.25. The first-order valence-corrected chi connectivity index (χ1v) is 7.02. The lowest BCUT2D eigenvalue weighted by molar-refractivity contribution is -0.121. The number of aromatic nitrogens is 2. The van der Waals surface area contributed by atoms with Crippen molar-refractivity contribution in [3.63, 3.8) is 0 Å². The lowest BCUT2D eigenvalue weighted by atomic mass is 9.90. The van der Waals surface area contributed by atoms with Gasteiger partial charge in [0.1, 0.15) is 0 Å². The Morgan fingerprint density at radius 3 is 2.63 bits per heavy atom. The lowest BCUT2D eigenvalue weighted by Gasteiger charge is -2.35. The summed E-state index contributed by atoms with van der Waals surface area (Å²) in [5.41, 5.74) is 0. The number of hydrogen-bond donors (Lipinski definition) is 1. The summed E-state index contributed by atoms with van der Waals surface area (Å²) >= 11 is 0. The van der Waals surface area contributed by atoms with Gasteiger partial charge in [0.2, 0.25) is 11.9 Å². The third-order valence-corrected chi connectivity index (χ3v) is 3.79. The molecule has 5 nitrogen and oxygen atoms in total. The van der Waals surface area contributed by atoms with E-state index in [9.17, 15) is 4.79 Å². The van der Waals surface area contributed by atoms with E-state index < -0.39 is 0 Å². The van der Waals surface area contributed by atoms with Crippen molar-refractivity contribution in [2.24, 2.45) is 5.92 Å². The maximum atomic E-state index is 11.4. The molecule has 5 heteroatoms. The highest BCUT2D eigenvalue weighted by molar-refractivity contribution is 5.75. The van der Waals surface area contributed by atoms with Crippen molar-refractivity contribution in [1.29, 1.82) is 0 Å². The molecular formula is C14H22N4O. The van der Waals surface area contributed by atoms with E-state index in [-0.39, 0.29) is 11.9 Å². The second-order valence-corrected chi connectivity index (χ2v) is 5.08. The zero-order valence-electron chi connectivity index (χ0n) is 11.7. The lowest BCUT2D eigenvalue weighted by Crippen LogP contribution is -2.44. The molecule has 1 atom stereocenters. The summed E-state index contributed by atoms with van der Waals surface area (Å²) < 4.78 is 0. The van der Waals surface area contributed by atoms with E-state index in [0.29, 0.717) is 12.3 Å². The van der Waals surface area contributed by atoms with Gasteiger partial charge in [-0.05, 0) is 31.7 Å². The molecule has 1 amide bonds. The molecule has 1 unspecified atom stereocenters. The van der Waals surface area contributed by atoms with Gasteiger partial charge >= 0.3 is 0 Å². The summed E-state index contributed by atoms with van der Waals surface area (Å²) in [5, 5.41) is 3.07. The molecule has 1 fully saturated rings. The van der Waals surface area contributed by atoms with Gasteiger partial charge < -0.3 is 10.2 Å². The Hall–Kier alpha value is -1.65. The summed E-state index contributed by atoms with van der Waals surface area (Å²) in [5.74, 6) is 1.50. The smallest absolute Gasteiger partial charge is 0.225 e. The zero-order chi connectivity index (χ0) is 13.7. The van der Waals surface area contributed by atoms with E-state index in [1.165, 1.54) is 0 Å². The molecule has 0 radical (unpaired) electrons. The van der Waals surface area contributed by atoms with Crippen molar-refractivity contribution in [1.82, 2.24) is 15.3 Å². The van der Waals surface area contributed by atoms with Crippen LogP contribution in [0.1, 0.15) is 33.1 Å². The molecule has 19 heavy (non-hydrogen) atoms. The first-order chi connectivity index (χ1) is 9.20. The van der Waals surface area contributed by atoms with Crippen LogP contribution in [0.4, 0.5) is 5.95 Å². The Labute approximate surface area is 114 Å². The Kier molecular flexibility index (Phi) is 4.71. The molecule has 104 valence electrons. The van der Waals surface area contributed by atoms with Crippen molar-refractivity contribution >= 4 is 11.9 Å². The summed E-state index contributed by atoms with van der Waals surface area (Å²) in [4.78, 5) is 22.2. The maximum absolute atomic E-state index is 11.4. The minimum atomic E-state index is 0.140. The highest BCUT2D eigenvalue weighted by Gasteiger charge is 2.25. The van der Waals surface area contributed by atoms with E-state index in [4.69, 9.17) is 0 Å². The Balaban J connectivity index is 1.84. The van der Waals surface area contributed by atoms with Crippen molar-refractivity contribution in [3.8, 4) is 0 Å². The number of nitrogens with zero attached hydrogens (tertiary/aromatic N) is 3. The van der Waals surface area contributed by atoms with Gasteiger partial charge in [0.25, 0.3) is 0 Å². The topological polar surface area (TPSA) is 58.1 Å². The van der Waals surface area contributed by atoms with Crippen LogP contribution in [0.15, 0.2) is 18.5 Å². The Bertz CT molecular complexity index is 401. The number of nitrogens with one attached hydrogen (secondary N) is 1. The fourth-order valence-corrected chi connectivity index (χ4v) is 2.53. The number of anilines is 1. The van der Waals surface area contributed by atoms with Gasteiger partial charge in [0, 0.05) is 37.9 Å². The van der Waals surface area contributed by atoms with Crippen LogP contribution in [-0.4, -0.2) is 35.0 Å². The van der Waals surface area contributed by atoms with Gasteiger partial charge in [0.15, 0.2) is 0 Å². The zero-order valence-corrected chi connectivity index (χ0v) is 11.7. The average molecular weight is 262 g/mol. The minimum absolute atomic E-state index is 0.140. The molecule has 1 saturated heterocycles. The van der Waals surface area contributed by atoms with Crippen molar-refractivity contribution in [3.05, 3.63) is 18.5 Å². The number of hydrogen-bond acceptors (Lipinski definition) is 4. The van der Waals surface area contributed by atoms with Gasteiger partial charge in [-0.3, -0.25) is 4.79 Å². The molecule has 0 aromatic carbocycles. The summed E-state index contributed by atoms with van der Waals surface area (Å²) in [7, 11) is 0. The normalized spacial score (nSPS) is 18.1. The monoisotopic (exact) mass is 262 g/mol. The number of amides is 1. The largest absolute Gasteiger partial charge is 0.353 e. The second kappa shape index (κ2) is 6.50. The Morgan fingerprint density at radius 2 is 2.05 bits per heavy atom. The van der Waals surface area contributed by atoms with Gasteiger partial charge in [-0.2, -0.15) is 0 Å². The van der Waals surface area contributed by atoms with Crippen LogP contribution in [0, 0.1) is 5.92 Å². The van der Waals surface area contributed by atoms with Crippen molar-refractivity contribution < 1.29 is 4.79 Å². The average Bonchev–Trinajstić information content (AvgIpc) is 2.48. The molecule has 1 aromatic rings. The molecule has 0 bridgehead atoms. The first-order valence-electron chi connectivity index (χ1n) is 7.02. The molecule has 1 aliphatic rings. The number of piperidine rings is 1. The molecule has 0 spiro atoms. The standard InChI is InChI=1S/C14H22N4O/c1-3-13(19)17-11(2)12-5-9-18(10-6-12)14-15-7-4-8-16-14/h4,7-8,11-12H,3,5-6,9-10H2,1-2H3,(H,17,19). The molecule has 0 aliphatic carbocycles. The van der Waals surface area contributed by atoms with Crippen LogP contribution in [0.2, 0.25) is 0 Å². The van der Waals surface area contributed by atoms with Gasteiger partial charge in [-0.1, -0.05) is 6.92 Å². The van der Waals surface area contributed by atoms with E-state index in [0.717, 1.165) is 31.9 Å². The fraction of sp³-hybridized carbons (Fsp3) is 0.643. The van der Waals surface area contributed by atoms with Gasteiger partial charge in [0.05, 0.1) is 0 Å². The van der Waals surface area contributed by atoms with Crippen LogP contribution >= 0.6 is 0 Å².